The maximum Gasteiger partial charge on any atom is 0.326 e. The fourth-order valence-electron chi connectivity index (χ4n) is 3.26. The number of hydrogen-bond donors (Lipinski definition) is 3. The van der Waals surface area contributed by atoms with Crippen molar-refractivity contribution in [2.75, 3.05) is 0 Å². The second-order valence-corrected chi connectivity index (χ2v) is 6.43. The maximum atomic E-state index is 12.3. The second kappa shape index (κ2) is 9.15. The lowest BCUT2D eigenvalue weighted by atomic mass is 9.89. The summed E-state index contributed by atoms with van der Waals surface area (Å²) in [5, 5.41) is 11.9. The van der Waals surface area contributed by atoms with E-state index < -0.39 is 12.0 Å². The van der Waals surface area contributed by atoms with Crippen molar-refractivity contribution in [3.63, 3.8) is 0 Å². The van der Waals surface area contributed by atoms with E-state index in [0.29, 0.717) is 25.0 Å². The number of carboxylic acids is 1. The summed E-state index contributed by atoms with van der Waals surface area (Å²) >= 11 is 0. The first kappa shape index (κ1) is 18.9. The number of carboxylic acid groups (broad SMARTS) is 1. The fraction of sp³-hybridized carbons (Fsp3) is 0.556. The third-order valence-corrected chi connectivity index (χ3v) is 4.60. The highest BCUT2D eigenvalue weighted by Crippen LogP contribution is 2.34. The Morgan fingerprint density at radius 3 is 2.92 bits per heavy atom. The predicted octanol–water partition coefficient (Wildman–Crippen LogP) is 1.86. The van der Waals surface area contributed by atoms with Gasteiger partial charge in [0.05, 0.1) is 6.33 Å². The Balaban J connectivity index is 1.91. The molecule has 0 bridgehead atoms. The Morgan fingerprint density at radius 1 is 1.48 bits per heavy atom. The fourth-order valence-corrected chi connectivity index (χ4v) is 3.26. The monoisotopic (exact) mass is 347 g/mol. The molecule has 0 radical (unpaired) electrons. The van der Waals surface area contributed by atoms with Crippen LogP contribution in [-0.2, 0) is 20.8 Å². The van der Waals surface area contributed by atoms with Gasteiger partial charge in [0.1, 0.15) is 11.8 Å². The Hall–Kier alpha value is -2.44. The summed E-state index contributed by atoms with van der Waals surface area (Å²) < 4.78 is 0. The average molecular weight is 347 g/mol. The standard InChI is InChI=1S/C18H25N3O4/c1-2-3-4-5-14-12(6-7-16(14)22)8-17(23)21-15(18(24)25)9-13-10-19-11-20-13/h3-4,10-12,14-15H,2,5-9H2,1H3,(H,19,20)(H,21,23)(H,24,25)/b4-3+/t12-,14-,15+/m1/s1. The highest BCUT2D eigenvalue weighted by atomic mass is 16.4. The van der Waals surface area contributed by atoms with E-state index in [1.54, 1.807) is 0 Å². The number of nitrogens with one attached hydrogen (secondary N) is 2. The predicted molar refractivity (Wildman–Crippen MR) is 91.7 cm³/mol. The number of nitrogens with zero attached hydrogens (tertiary/aromatic N) is 1. The molecule has 7 nitrogen and oxygen atoms in total. The molecule has 0 spiro atoms. The molecule has 1 heterocycles. The van der Waals surface area contributed by atoms with Gasteiger partial charge in [-0.1, -0.05) is 19.1 Å². The molecule has 1 saturated carbocycles. The van der Waals surface area contributed by atoms with Crippen molar-refractivity contribution >= 4 is 17.7 Å². The summed E-state index contributed by atoms with van der Waals surface area (Å²) in [6.45, 7) is 2.03. The van der Waals surface area contributed by atoms with Crippen LogP contribution in [0.3, 0.4) is 0 Å². The number of aromatic amines is 1. The molecule has 1 aromatic heterocycles. The molecule has 1 aliphatic rings. The van der Waals surface area contributed by atoms with E-state index in [1.807, 2.05) is 19.1 Å². The maximum absolute atomic E-state index is 12.3. The van der Waals surface area contributed by atoms with Crippen molar-refractivity contribution < 1.29 is 19.5 Å². The van der Waals surface area contributed by atoms with Crippen LogP contribution in [0, 0.1) is 11.8 Å². The molecule has 0 saturated heterocycles. The van der Waals surface area contributed by atoms with E-state index in [1.165, 1.54) is 12.5 Å². The van der Waals surface area contributed by atoms with Crippen molar-refractivity contribution in [2.24, 2.45) is 11.8 Å². The van der Waals surface area contributed by atoms with Gasteiger partial charge >= 0.3 is 5.97 Å². The molecule has 0 aromatic carbocycles. The van der Waals surface area contributed by atoms with Gasteiger partial charge in [0, 0.05) is 37.1 Å². The Morgan fingerprint density at radius 2 is 2.28 bits per heavy atom. The first-order valence-corrected chi connectivity index (χ1v) is 8.68. The summed E-state index contributed by atoms with van der Waals surface area (Å²) in [6, 6.07) is -1.01. The van der Waals surface area contributed by atoms with E-state index in [4.69, 9.17) is 0 Å². The number of allylic oxidation sites excluding steroid dienone is 2. The van der Waals surface area contributed by atoms with Crippen LogP contribution in [0.25, 0.3) is 0 Å². The van der Waals surface area contributed by atoms with Gasteiger partial charge in [-0.25, -0.2) is 9.78 Å². The van der Waals surface area contributed by atoms with E-state index in [0.717, 1.165) is 6.42 Å². The highest BCUT2D eigenvalue weighted by molar-refractivity contribution is 5.87. The molecule has 2 rings (SSSR count). The summed E-state index contributed by atoms with van der Waals surface area (Å²) in [7, 11) is 0. The van der Waals surface area contributed by atoms with Crippen LogP contribution in [0.15, 0.2) is 24.7 Å². The van der Waals surface area contributed by atoms with Gasteiger partial charge < -0.3 is 15.4 Å². The van der Waals surface area contributed by atoms with Crippen molar-refractivity contribution in [2.45, 2.75) is 51.5 Å². The lowest BCUT2D eigenvalue weighted by molar-refractivity contribution is -0.142. The normalized spacial score (nSPS) is 21.6. The Labute approximate surface area is 146 Å². The minimum atomic E-state index is -1.09. The van der Waals surface area contributed by atoms with Gasteiger partial charge in [-0.15, -0.1) is 0 Å². The van der Waals surface area contributed by atoms with Crippen LogP contribution in [0.2, 0.25) is 0 Å². The van der Waals surface area contributed by atoms with E-state index in [-0.39, 0.29) is 36.4 Å². The zero-order chi connectivity index (χ0) is 18.2. The molecule has 0 unspecified atom stereocenters. The van der Waals surface area contributed by atoms with Gasteiger partial charge in [-0.2, -0.15) is 0 Å². The van der Waals surface area contributed by atoms with E-state index in [9.17, 15) is 19.5 Å². The molecule has 1 fully saturated rings. The number of hydrogen-bond acceptors (Lipinski definition) is 4. The number of aliphatic carboxylic acids is 1. The van der Waals surface area contributed by atoms with Gasteiger partial charge in [0.25, 0.3) is 0 Å². The molecular weight excluding hydrogens is 322 g/mol. The van der Waals surface area contributed by atoms with Gasteiger partial charge in [-0.3, -0.25) is 9.59 Å². The molecule has 25 heavy (non-hydrogen) atoms. The quantitative estimate of drug-likeness (QED) is 0.590. The van der Waals surface area contributed by atoms with Crippen molar-refractivity contribution in [3.8, 4) is 0 Å². The number of carbonyl (C=O) groups is 3. The van der Waals surface area contributed by atoms with Crippen LogP contribution in [0.5, 0.6) is 0 Å². The minimum Gasteiger partial charge on any atom is -0.480 e. The van der Waals surface area contributed by atoms with Gasteiger partial charge in [-0.05, 0) is 25.2 Å². The van der Waals surface area contributed by atoms with Crippen LogP contribution in [-0.4, -0.2) is 38.8 Å². The number of imidazole rings is 1. The van der Waals surface area contributed by atoms with Crippen molar-refractivity contribution in [1.82, 2.24) is 15.3 Å². The van der Waals surface area contributed by atoms with Crippen LogP contribution in [0.4, 0.5) is 0 Å². The van der Waals surface area contributed by atoms with E-state index >= 15 is 0 Å². The summed E-state index contributed by atoms with van der Waals surface area (Å²) in [5.41, 5.74) is 0.645. The van der Waals surface area contributed by atoms with Crippen molar-refractivity contribution in [3.05, 3.63) is 30.4 Å². The molecular formula is C18H25N3O4. The molecule has 0 aliphatic heterocycles. The SMILES string of the molecule is CC/C=C/C[C@H]1C(=O)CC[C@@H]1CC(=O)N[C@@H](Cc1cnc[nH]1)C(=O)O. The molecule has 7 heteroatoms. The van der Waals surface area contributed by atoms with Crippen LogP contribution >= 0.6 is 0 Å². The Bertz CT molecular complexity index is 624. The van der Waals surface area contributed by atoms with Crippen LogP contribution < -0.4 is 5.32 Å². The number of ketones is 1. The average Bonchev–Trinajstić information content (AvgIpc) is 3.19. The number of rotatable bonds is 9. The lowest BCUT2D eigenvalue weighted by Gasteiger charge is -2.19. The molecule has 3 N–H and O–H groups in total. The van der Waals surface area contributed by atoms with Gasteiger partial charge in [0.2, 0.25) is 5.91 Å². The largest absolute Gasteiger partial charge is 0.480 e. The topological polar surface area (TPSA) is 112 Å². The number of H-pyrrole nitrogens is 1. The molecule has 136 valence electrons. The zero-order valence-electron chi connectivity index (χ0n) is 14.4. The molecule has 1 aromatic rings. The molecule has 3 atom stereocenters. The first-order chi connectivity index (χ1) is 12.0. The third-order valence-electron chi connectivity index (χ3n) is 4.60. The number of amides is 1. The highest BCUT2D eigenvalue weighted by Gasteiger charge is 2.35. The molecule has 1 aliphatic carbocycles. The number of carbonyl (C=O) groups excluding carboxylic acids is 2. The minimum absolute atomic E-state index is 0.0180. The first-order valence-electron chi connectivity index (χ1n) is 8.68. The van der Waals surface area contributed by atoms with Gasteiger partial charge in [0.15, 0.2) is 0 Å². The number of Topliss-reactive ketones (excluding diaryl/α,β-unsaturated/α-hetero) is 1. The van der Waals surface area contributed by atoms with Crippen molar-refractivity contribution in [1.29, 1.82) is 0 Å². The third kappa shape index (κ3) is 5.55. The number of aromatic nitrogens is 2. The Kier molecular flexibility index (Phi) is 6.91. The second-order valence-electron chi connectivity index (χ2n) is 6.43. The summed E-state index contributed by atoms with van der Waals surface area (Å²) in [6.07, 6.45) is 10.1. The molecule has 1 amide bonds. The van der Waals surface area contributed by atoms with Crippen LogP contribution in [0.1, 0.15) is 44.7 Å². The zero-order valence-corrected chi connectivity index (χ0v) is 14.4. The lowest BCUT2D eigenvalue weighted by Crippen LogP contribution is -2.43. The van der Waals surface area contributed by atoms with E-state index in [2.05, 4.69) is 15.3 Å². The summed E-state index contributed by atoms with van der Waals surface area (Å²) in [4.78, 5) is 42.4. The summed E-state index contributed by atoms with van der Waals surface area (Å²) in [5.74, 6) is -1.37. The smallest absolute Gasteiger partial charge is 0.326 e.